The Morgan fingerprint density at radius 3 is 3.06 bits per heavy atom. The Morgan fingerprint density at radius 2 is 2.35 bits per heavy atom. The first-order valence-electron chi connectivity index (χ1n) is 5.03. The predicted octanol–water partition coefficient (Wildman–Crippen LogP) is 3.39. The largest absolute Gasteiger partial charge is 0.380 e. The third-order valence-electron chi connectivity index (χ3n) is 2.25. The van der Waals surface area contributed by atoms with Crippen molar-refractivity contribution in [3.05, 3.63) is 53.6 Å². The molecule has 0 unspecified atom stereocenters. The van der Waals surface area contributed by atoms with Gasteiger partial charge in [-0.2, -0.15) is 5.10 Å². The van der Waals surface area contributed by atoms with Gasteiger partial charge >= 0.3 is 0 Å². The summed E-state index contributed by atoms with van der Waals surface area (Å²) in [6.45, 7) is 4.12. The summed E-state index contributed by atoms with van der Waals surface area (Å²) in [5.41, 5.74) is 1.53. The number of nitrogens with zero attached hydrogens (tertiary/aromatic N) is 2. The Balaban J connectivity index is 2.06. The smallest absolute Gasteiger partial charge is 0.125 e. The number of hydrogen-bond acceptors (Lipinski definition) is 2. The van der Waals surface area contributed by atoms with E-state index < -0.39 is 0 Å². The molecule has 0 aliphatic rings. The van der Waals surface area contributed by atoms with Crippen LogP contribution in [0.25, 0.3) is 6.20 Å². The first-order valence-corrected chi connectivity index (χ1v) is 5.41. The highest BCUT2D eigenvalue weighted by atomic mass is 35.5. The van der Waals surface area contributed by atoms with Crippen molar-refractivity contribution < 1.29 is 4.39 Å². The second-order valence-electron chi connectivity index (χ2n) is 3.49. The fourth-order valence-corrected chi connectivity index (χ4v) is 1.58. The van der Waals surface area contributed by atoms with Gasteiger partial charge in [-0.15, -0.1) is 0 Å². The molecule has 0 spiro atoms. The van der Waals surface area contributed by atoms with Gasteiger partial charge in [0.15, 0.2) is 0 Å². The molecule has 1 N–H and O–H groups in total. The molecule has 88 valence electrons. The number of rotatable bonds is 4. The van der Waals surface area contributed by atoms with E-state index >= 15 is 0 Å². The average molecular weight is 252 g/mol. The minimum absolute atomic E-state index is 0.321. The van der Waals surface area contributed by atoms with Gasteiger partial charge in [-0.05, 0) is 18.2 Å². The average Bonchev–Trinajstić information content (AvgIpc) is 2.78. The second kappa shape index (κ2) is 5.01. The van der Waals surface area contributed by atoms with Gasteiger partial charge < -0.3 is 5.32 Å². The van der Waals surface area contributed by atoms with Crippen molar-refractivity contribution >= 4 is 23.5 Å². The van der Waals surface area contributed by atoms with E-state index in [-0.39, 0.29) is 5.82 Å². The second-order valence-corrected chi connectivity index (χ2v) is 3.90. The summed E-state index contributed by atoms with van der Waals surface area (Å²) in [5, 5.41) is 7.57. The molecule has 1 heterocycles. The third-order valence-corrected chi connectivity index (χ3v) is 2.58. The molecule has 0 saturated carbocycles. The van der Waals surface area contributed by atoms with E-state index in [2.05, 4.69) is 17.0 Å². The summed E-state index contributed by atoms with van der Waals surface area (Å²) in [4.78, 5) is 0. The number of aromatic nitrogens is 2. The molecule has 0 amide bonds. The SMILES string of the molecule is C=Cn1cc(CNc2cc(F)ccc2Cl)cn1. The minimum atomic E-state index is -0.321. The molecule has 0 atom stereocenters. The molecular weight excluding hydrogens is 241 g/mol. The monoisotopic (exact) mass is 251 g/mol. The van der Waals surface area contributed by atoms with Crippen LogP contribution in [-0.4, -0.2) is 9.78 Å². The zero-order valence-corrected chi connectivity index (χ0v) is 9.78. The van der Waals surface area contributed by atoms with Crippen molar-refractivity contribution in [2.75, 3.05) is 5.32 Å². The van der Waals surface area contributed by atoms with Crippen LogP contribution in [0.4, 0.5) is 10.1 Å². The molecule has 0 aliphatic carbocycles. The first-order chi connectivity index (χ1) is 8.19. The van der Waals surface area contributed by atoms with Crippen LogP contribution in [0.5, 0.6) is 0 Å². The zero-order chi connectivity index (χ0) is 12.3. The predicted molar refractivity (Wildman–Crippen MR) is 67.4 cm³/mol. The maximum absolute atomic E-state index is 13.0. The summed E-state index contributed by atoms with van der Waals surface area (Å²) in [7, 11) is 0. The van der Waals surface area contributed by atoms with Gasteiger partial charge in [0.1, 0.15) is 5.82 Å². The lowest BCUT2D eigenvalue weighted by Gasteiger charge is -2.06. The Morgan fingerprint density at radius 1 is 1.53 bits per heavy atom. The van der Waals surface area contributed by atoms with Gasteiger partial charge in [0.25, 0.3) is 0 Å². The number of anilines is 1. The summed E-state index contributed by atoms with van der Waals surface area (Å²) >= 11 is 5.93. The van der Waals surface area contributed by atoms with E-state index in [0.717, 1.165) is 5.56 Å². The molecule has 1 aromatic carbocycles. The normalized spacial score (nSPS) is 10.2. The van der Waals surface area contributed by atoms with Crippen molar-refractivity contribution in [3.63, 3.8) is 0 Å². The van der Waals surface area contributed by atoms with Gasteiger partial charge in [-0.3, -0.25) is 0 Å². The minimum Gasteiger partial charge on any atom is -0.380 e. The standard InChI is InChI=1S/C12H11ClFN3/c1-2-17-8-9(7-16-17)6-15-12-5-10(14)3-4-11(12)13/h2-5,7-8,15H,1,6H2. The Kier molecular flexibility index (Phi) is 3.44. The molecule has 1 aromatic heterocycles. The number of hydrogen-bond donors (Lipinski definition) is 1. The van der Waals surface area contributed by atoms with Crippen molar-refractivity contribution in [1.82, 2.24) is 9.78 Å². The van der Waals surface area contributed by atoms with Gasteiger partial charge in [0.05, 0.1) is 16.9 Å². The third kappa shape index (κ3) is 2.85. The lowest BCUT2D eigenvalue weighted by Crippen LogP contribution is -1.99. The molecule has 2 rings (SSSR count). The summed E-state index contributed by atoms with van der Waals surface area (Å²) in [5.74, 6) is -0.321. The lowest BCUT2D eigenvalue weighted by molar-refractivity contribution is 0.628. The Hall–Kier alpha value is -1.81. The number of halogens is 2. The van der Waals surface area contributed by atoms with Gasteiger partial charge in [-0.1, -0.05) is 18.2 Å². The van der Waals surface area contributed by atoms with Crippen LogP contribution in [0.1, 0.15) is 5.56 Å². The van der Waals surface area contributed by atoms with Crippen LogP contribution in [0.2, 0.25) is 5.02 Å². The molecule has 3 nitrogen and oxygen atoms in total. The maximum Gasteiger partial charge on any atom is 0.125 e. The van der Waals surface area contributed by atoms with E-state index in [0.29, 0.717) is 17.3 Å². The molecule has 0 bridgehead atoms. The zero-order valence-electron chi connectivity index (χ0n) is 9.03. The molecular formula is C12H11ClFN3. The fraction of sp³-hybridized carbons (Fsp3) is 0.0833. The molecule has 17 heavy (non-hydrogen) atoms. The highest BCUT2D eigenvalue weighted by Gasteiger charge is 2.02. The summed E-state index contributed by atoms with van der Waals surface area (Å²) in [6.07, 6.45) is 5.13. The van der Waals surface area contributed by atoms with E-state index in [4.69, 9.17) is 11.6 Å². The first kappa shape index (κ1) is 11.7. The van der Waals surface area contributed by atoms with E-state index in [9.17, 15) is 4.39 Å². The summed E-state index contributed by atoms with van der Waals surface area (Å²) < 4.78 is 14.6. The van der Waals surface area contributed by atoms with Crippen LogP contribution >= 0.6 is 11.6 Å². The van der Waals surface area contributed by atoms with E-state index in [1.807, 2.05) is 6.20 Å². The van der Waals surface area contributed by atoms with Crippen LogP contribution in [0, 0.1) is 5.82 Å². The molecule has 0 aliphatic heterocycles. The topological polar surface area (TPSA) is 29.9 Å². The van der Waals surface area contributed by atoms with Gasteiger partial charge in [0, 0.05) is 24.5 Å². The van der Waals surface area contributed by atoms with Crippen LogP contribution < -0.4 is 5.32 Å². The van der Waals surface area contributed by atoms with Crippen molar-refractivity contribution in [2.24, 2.45) is 0 Å². The van der Waals surface area contributed by atoms with Crippen LogP contribution in [-0.2, 0) is 6.54 Å². The van der Waals surface area contributed by atoms with Gasteiger partial charge in [-0.25, -0.2) is 9.07 Å². The van der Waals surface area contributed by atoms with Crippen molar-refractivity contribution in [1.29, 1.82) is 0 Å². The van der Waals surface area contributed by atoms with E-state index in [1.54, 1.807) is 17.1 Å². The van der Waals surface area contributed by atoms with Gasteiger partial charge in [0.2, 0.25) is 0 Å². The van der Waals surface area contributed by atoms with Crippen LogP contribution in [0.3, 0.4) is 0 Å². The quantitative estimate of drug-likeness (QED) is 0.903. The highest BCUT2D eigenvalue weighted by Crippen LogP contribution is 2.22. The Bertz CT molecular complexity index is 536. The fourth-order valence-electron chi connectivity index (χ4n) is 1.40. The molecule has 5 heteroatoms. The highest BCUT2D eigenvalue weighted by molar-refractivity contribution is 6.33. The number of benzene rings is 1. The molecule has 0 saturated heterocycles. The lowest BCUT2D eigenvalue weighted by atomic mass is 10.3. The molecule has 0 radical (unpaired) electrons. The molecule has 0 fully saturated rings. The molecule has 2 aromatic rings. The van der Waals surface area contributed by atoms with Crippen molar-refractivity contribution in [2.45, 2.75) is 6.54 Å². The van der Waals surface area contributed by atoms with Crippen molar-refractivity contribution in [3.8, 4) is 0 Å². The Labute approximate surface area is 104 Å². The maximum atomic E-state index is 13.0. The van der Waals surface area contributed by atoms with Crippen LogP contribution in [0.15, 0.2) is 37.2 Å². The summed E-state index contributed by atoms with van der Waals surface area (Å²) in [6, 6.07) is 4.20. The number of nitrogens with one attached hydrogen (secondary N) is 1. The van der Waals surface area contributed by atoms with E-state index in [1.165, 1.54) is 18.2 Å².